The maximum absolute atomic E-state index is 5.69. The van der Waals surface area contributed by atoms with Gasteiger partial charge in [-0.1, -0.05) is 11.6 Å². The first-order valence-corrected chi connectivity index (χ1v) is 7.08. The summed E-state index contributed by atoms with van der Waals surface area (Å²) in [6.07, 6.45) is 0. The van der Waals surface area contributed by atoms with E-state index < -0.39 is 0 Å². The highest BCUT2D eigenvalue weighted by Gasteiger charge is 2.05. The van der Waals surface area contributed by atoms with Crippen LogP contribution in [0.4, 0.5) is 0 Å². The highest BCUT2D eigenvalue weighted by molar-refractivity contribution is 9.10. The molecular weight excluding hydrogens is 322 g/mol. The summed E-state index contributed by atoms with van der Waals surface area (Å²) in [6.45, 7) is 1.67. The lowest BCUT2D eigenvalue weighted by atomic mass is 10.3. The lowest BCUT2D eigenvalue weighted by Gasteiger charge is -2.14. The normalized spacial score (nSPS) is 11.1. The minimum absolute atomic E-state index is 0.429. The Balaban J connectivity index is 1.93. The van der Waals surface area contributed by atoms with Crippen molar-refractivity contribution in [1.82, 2.24) is 15.1 Å². The summed E-state index contributed by atoms with van der Waals surface area (Å²) < 4.78 is 1.14. The number of nitrogens with zero attached hydrogens (tertiary/aromatic N) is 3. The van der Waals surface area contributed by atoms with Gasteiger partial charge >= 0.3 is 0 Å². The first-order chi connectivity index (χ1) is 8.13. The summed E-state index contributed by atoms with van der Waals surface area (Å²) in [5.41, 5.74) is 0.924. The van der Waals surface area contributed by atoms with Crippen LogP contribution in [-0.4, -0.2) is 22.1 Å². The molecule has 0 aliphatic rings. The quantitative estimate of drug-likeness (QED) is 0.857. The van der Waals surface area contributed by atoms with Crippen molar-refractivity contribution in [3.63, 3.8) is 0 Å². The zero-order valence-corrected chi connectivity index (χ0v) is 12.4. The summed E-state index contributed by atoms with van der Waals surface area (Å²) >= 11 is 10.9. The molecule has 0 saturated heterocycles. The summed E-state index contributed by atoms with van der Waals surface area (Å²) in [5, 5.41) is 10.4. The van der Waals surface area contributed by atoms with Gasteiger partial charge in [-0.3, -0.25) is 4.90 Å². The van der Waals surface area contributed by atoms with Crippen molar-refractivity contribution in [3.05, 3.63) is 43.8 Å². The van der Waals surface area contributed by atoms with Crippen LogP contribution >= 0.6 is 38.9 Å². The van der Waals surface area contributed by atoms with Crippen LogP contribution in [0.2, 0.25) is 5.15 Å². The van der Waals surface area contributed by atoms with Crippen LogP contribution < -0.4 is 0 Å². The predicted molar refractivity (Wildman–Crippen MR) is 74.2 cm³/mol. The first kappa shape index (κ1) is 13.0. The molecule has 0 spiro atoms. The Morgan fingerprint density at radius 3 is 2.76 bits per heavy atom. The Kier molecular flexibility index (Phi) is 4.50. The summed E-state index contributed by atoms with van der Waals surface area (Å²) in [4.78, 5) is 3.51. The molecule has 0 atom stereocenters. The Labute approximate surface area is 118 Å². The second kappa shape index (κ2) is 5.91. The fourth-order valence-electron chi connectivity index (χ4n) is 1.46. The third-order valence-electron chi connectivity index (χ3n) is 2.17. The fourth-order valence-corrected chi connectivity index (χ4v) is 3.09. The van der Waals surface area contributed by atoms with Gasteiger partial charge in [-0.15, -0.1) is 16.4 Å². The standard InChI is InChI=1S/C11H11BrClN3S/c1-16(6-10-4-8(12)7-17-10)5-9-2-3-11(13)15-14-9/h2-4,7H,5-6H2,1H3. The average Bonchev–Trinajstić information content (AvgIpc) is 2.67. The van der Waals surface area contributed by atoms with Crippen LogP contribution in [0.25, 0.3) is 0 Å². The van der Waals surface area contributed by atoms with Gasteiger partial charge in [0.15, 0.2) is 5.15 Å². The van der Waals surface area contributed by atoms with Crippen LogP contribution in [0.1, 0.15) is 10.6 Å². The zero-order chi connectivity index (χ0) is 12.3. The molecule has 0 fully saturated rings. The van der Waals surface area contributed by atoms with E-state index in [1.54, 1.807) is 17.4 Å². The SMILES string of the molecule is CN(Cc1ccc(Cl)nn1)Cc1cc(Br)cs1. The Bertz CT molecular complexity index is 486. The highest BCUT2D eigenvalue weighted by Crippen LogP contribution is 2.21. The van der Waals surface area contributed by atoms with Crippen molar-refractivity contribution in [2.45, 2.75) is 13.1 Å². The zero-order valence-electron chi connectivity index (χ0n) is 9.23. The number of thiophene rings is 1. The fraction of sp³-hybridized carbons (Fsp3) is 0.273. The molecule has 0 bridgehead atoms. The molecule has 17 heavy (non-hydrogen) atoms. The summed E-state index contributed by atoms with van der Waals surface area (Å²) in [7, 11) is 2.06. The van der Waals surface area contributed by atoms with Gasteiger partial charge < -0.3 is 0 Å². The van der Waals surface area contributed by atoms with E-state index in [0.717, 1.165) is 23.3 Å². The van der Waals surface area contributed by atoms with Crippen LogP contribution in [0.15, 0.2) is 28.1 Å². The van der Waals surface area contributed by atoms with Gasteiger partial charge in [0, 0.05) is 27.8 Å². The van der Waals surface area contributed by atoms with E-state index in [2.05, 4.69) is 49.5 Å². The molecule has 0 aliphatic heterocycles. The summed E-state index contributed by atoms with van der Waals surface area (Å²) in [5.74, 6) is 0. The van der Waals surface area contributed by atoms with Gasteiger partial charge in [0.2, 0.25) is 0 Å². The lowest BCUT2D eigenvalue weighted by molar-refractivity contribution is 0.316. The number of aromatic nitrogens is 2. The van der Waals surface area contributed by atoms with Gasteiger partial charge in [-0.05, 0) is 41.2 Å². The van der Waals surface area contributed by atoms with Gasteiger partial charge in [0.25, 0.3) is 0 Å². The van der Waals surface area contributed by atoms with Gasteiger partial charge in [0.05, 0.1) is 5.69 Å². The van der Waals surface area contributed by atoms with Crippen molar-refractivity contribution in [1.29, 1.82) is 0 Å². The number of hydrogen-bond donors (Lipinski definition) is 0. The van der Waals surface area contributed by atoms with E-state index in [1.165, 1.54) is 4.88 Å². The highest BCUT2D eigenvalue weighted by atomic mass is 79.9. The molecule has 0 radical (unpaired) electrons. The molecule has 2 rings (SSSR count). The molecule has 2 aromatic heterocycles. The molecule has 3 nitrogen and oxygen atoms in total. The Morgan fingerprint density at radius 1 is 1.35 bits per heavy atom. The third-order valence-corrected chi connectivity index (χ3v) is 4.05. The smallest absolute Gasteiger partial charge is 0.151 e. The van der Waals surface area contributed by atoms with Crippen LogP contribution in [0, 0.1) is 0 Å². The second-order valence-corrected chi connectivity index (χ2v) is 6.05. The van der Waals surface area contributed by atoms with Crippen molar-refractivity contribution in [2.24, 2.45) is 0 Å². The summed E-state index contributed by atoms with van der Waals surface area (Å²) in [6, 6.07) is 5.80. The van der Waals surface area contributed by atoms with E-state index in [-0.39, 0.29) is 0 Å². The van der Waals surface area contributed by atoms with Crippen molar-refractivity contribution < 1.29 is 0 Å². The molecule has 0 N–H and O–H groups in total. The molecule has 6 heteroatoms. The number of hydrogen-bond acceptors (Lipinski definition) is 4. The molecule has 0 aromatic carbocycles. The molecule has 0 amide bonds. The minimum atomic E-state index is 0.429. The Hall–Kier alpha value is -0.490. The minimum Gasteiger partial charge on any atom is -0.295 e. The Morgan fingerprint density at radius 2 is 2.18 bits per heavy atom. The number of halogens is 2. The van der Waals surface area contributed by atoms with Crippen molar-refractivity contribution in [3.8, 4) is 0 Å². The number of rotatable bonds is 4. The van der Waals surface area contributed by atoms with Gasteiger partial charge in [-0.2, -0.15) is 5.10 Å². The molecule has 0 saturated carbocycles. The average molecular weight is 333 g/mol. The molecule has 0 aliphatic carbocycles. The van der Waals surface area contributed by atoms with E-state index in [0.29, 0.717) is 5.15 Å². The second-order valence-electron chi connectivity index (χ2n) is 3.75. The monoisotopic (exact) mass is 331 g/mol. The van der Waals surface area contributed by atoms with E-state index in [1.807, 2.05) is 6.07 Å². The van der Waals surface area contributed by atoms with Crippen LogP contribution in [0.3, 0.4) is 0 Å². The van der Waals surface area contributed by atoms with Gasteiger partial charge in [0.1, 0.15) is 0 Å². The maximum atomic E-state index is 5.69. The topological polar surface area (TPSA) is 29.0 Å². The van der Waals surface area contributed by atoms with E-state index in [9.17, 15) is 0 Å². The van der Waals surface area contributed by atoms with E-state index in [4.69, 9.17) is 11.6 Å². The first-order valence-electron chi connectivity index (χ1n) is 5.03. The van der Waals surface area contributed by atoms with E-state index >= 15 is 0 Å². The van der Waals surface area contributed by atoms with Crippen LogP contribution in [0.5, 0.6) is 0 Å². The maximum Gasteiger partial charge on any atom is 0.151 e. The largest absolute Gasteiger partial charge is 0.295 e. The molecule has 2 aromatic rings. The molecule has 90 valence electrons. The van der Waals surface area contributed by atoms with Crippen molar-refractivity contribution in [2.75, 3.05) is 7.05 Å². The molecule has 2 heterocycles. The predicted octanol–water partition coefficient (Wildman–Crippen LogP) is 3.59. The van der Waals surface area contributed by atoms with Crippen LogP contribution in [-0.2, 0) is 13.1 Å². The molecular formula is C11H11BrClN3S. The molecule has 0 unspecified atom stereocenters. The third kappa shape index (κ3) is 4.03. The van der Waals surface area contributed by atoms with Crippen molar-refractivity contribution >= 4 is 38.9 Å². The van der Waals surface area contributed by atoms with Gasteiger partial charge in [-0.25, -0.2) is 0 Å². The lowest BCUT2D eigenvalue weighted by Crippen LogP contribution is -2.17.